The molecule has 5 nitrogen and oxygen atoms in total. The number of halogens is 1. The Bertz CT molecular complexity index is 834. The van der Waals surface area contributed by atoms with Crippen LogP contribution in [-0.4, -0.2) is 35.2 Å². The Hall–Kier alpha value is -1.96. The first-order valence-electron chi connectivity index (χ1n) is 8.73. The lowest BCUT2D eigenvalue weighted by molar-refractivity contribution is -0.918. The minimum Gasteiger partial charge on any atom is -0.497 e. The van der Waals surface area contributed by atoms with E-state index in [4.69, 9.17) is 4.74 Å². The fraction of sp³-hybridized carbons (Fsp3) is 0.368. The molecular weight excluding hydrogens is 355 g/mol. The maximum Gasteiger partial charge on any atom is 0.240 e. The van der Waals surface area contributed by atoms with Crippen LogP contribution in [0.2, 0.25) is 0 Å². The first kappa shape index (κ1) is 18.8. The van der Waals surface area contributed by atoms with Crippen molar-refractivity contribution in [2.24, 2.45) is 0 Å². The van der Waals surface area contributed by atoms with E-state index in [2.05, 4.69) is 4.72 Å². The van der Waals surface area contributed by atoms with Crippen LogP contribution in [0.3, 0.4) is 0 Å². The Balaban J connectivity index is 1.79. The van der Waals surface area contributed by atoms with E-state index in [0.717, 1.165) is 43.3 Å². The lowest BCUT2D eigenvalue weighted by Crippen LogP contribution is -3.11. The van der Waals surface area contributed by atoms with E-state index in [0.29, 0.717) is 0 Å². The summed E-state index contributed by atoms with van der Waals surface area (Å²) in [5.41, 5.74) is 1.06. The van der Waals surface area contributed by atoms with Gasteiger partial charge in [-0.25, -0.2) is 17.5 Å². The summed E-state index contributed by atoms with van der Waals surface area (Å²) in [4.78, 5) is 1.31. The lowest BCUT2D eigenvalue weighted by atomic mass is 10.1. The van der Waals surface area contributed by atoms with Crippen molar-refractivity contribution in [1.82, 2.24) is 4.72 Å². The minimum absolute atomic E-state index is 0.00624. The van der Waals surface area contributed by atoms with Crippen molar-refractivity contribution < 1.29 is 22.4 Å². The van der Waals surface area contributed by atoms with Crippen LogP contribution in [0.1, 0.15) is 24.4 Å². The van der Waals surface area contributed by atoms with Gasteiger partial charge < -0.3 is 9.64 Å². The van der Waals surface area contributed by atoms with Crippen molar-refractivity contribution in [3.05, 3.63) is 59.9 Å². The third-order valence-corrected chi connectivity index (χ3v) is 6.26. The molecule has 0 aromatic heterocycles. The average molecular weight is 379 g/mol. The highest BCUT2D eigenvalue weighted by Crippen LogP contribution is 2.17. The Morgan fingerprint density at radius 3 is 2.46 bits per heavy atom. The van der Waals surface area contributed by atoms with Gasteiger partial charge in [-0.05, 0) is 42.5 Å². The van der Waals surface area contributed by atoms with E-state index in [-0.39, 0.29) is 17.5 Å². The Labute approximate surface area is 153 Å². The summed E-state index contributed by atoms with van der Waals surface area (Å²) in [5.74, 6) is 0.203. The van der Waals surface area contributed by atoms with Crippen molar-refractivity contribution in [3.8, 4) is 5.75 Å². The number of hydrogen-bond donors (Lipinski definition) is 2. The highest BCUT2D eigenvalue weighted by atomic mass is 32.2. The molecule has 0 radical (unpaired) electrons. The van der Waals surface area contributed by atoms with E-state index < -0.39 is 15.8 Å². The Kier molecular flexibility index (Phi) is 5.90. The van der Waals surface area contributed by atoms with E-state index in [9.17, 15) is 12.8 Å². The number of likely N-dealkylation sites (tertiary alicyclic amines) is 1. The van der Waals surface area contributed by atoms with Gasteiger partial charge >= 0.3 is 0 Å². The highest BCUT2D eigenvalue weighted by molar-refractivity contribution is 7.89. The van der Waals surface area contributed by atoms with Crippen LogP contribution in [0, 0.1) is 5.82 Å². The van der Waals surface area contributed by atoms with E-state index >= 15 is 0 Å². The van der Waals surface area contributed by atoms with Crippen LogP contribution < -0.4 is 14.4 Å². The number of methoxy groups -OCH3 is 1. The van der Waals surface area contributed by atoms with Gasteiger partial charge in [-0.3, -0.25) is 0 Å². The number of quaternary nitrogens is 1. The van der Waals surface area contributed by atoms with Gasteiger partial charge in [-0.1, -0.05) is 6.07 Å². The topological polar surface area (TPSA) is 59.8 Å². The van der Waals surface area contributed by atoms with E-state index in [1.807, 2.05) is 24.3 Å². The van der Waals surface area contributed by atoms with Gasteiger partial charge in [0, 0.05) is 18.4 Å². The fourth-order valence-electron chi connectivity index (χ4n) is 3.42. The first-order valence-corrected chi connectivity index (χ1v) is 10.2. The summed E-state index contributed by atoms with van der Waals surface area (Å²) in [6, 6.07) is 12.8. The van der Waals surface area contributed by atoms with Crippen LogP contribution in [0.15, 0.2) is 53.4 Å². The Morgan fingerprint density at radius 2 is 1.85 bits per heavy atom. The van der Waals surface area contributed by atoms with Gasteiger partial charge in [0.1, 0.15) is 17.6 Å². The van der Waals surface area contributed by atoms with Gasteiger partial charge in [0.2, 0.25) is 10.0 Å². The molecule has 2 N–H and O–H groups in total. The molecule has 140 valence electrons. The molecule has 7 heteroatoms. The van der Waals surface area contributed by atoms with Gasteiger partial charge in [0.05, 0.1) is 31.6 Å². The predicted molar refractivity (Wildman–Crippen MR) is 97.3 cm³/mol. The molecule has 0 spiro atoms. The van der Waals surface area contributed by atoms with Gasteiger partial charge in [0.25, 0.3) is 0 Å². The summed E-state index contributed by atoms with van der Waals surface area (Å²) in [7, 11) is -2.14. The van der Waals surface area contributed by atoms with E-state index in [1.165, 1.54) is 23.1 Å². The maximum atomic E-state index is 13.4. The maximum absolute atomic E-state index is 13.4. The molecule has 2 aromatic carbocycles. The molecule has 2 aromatic rings. The molecule has 1 saturated heterocycles. The summed E-state index contributed by atoms with van der Waals surface area (Å²) in [6.07, 6.45) is 2.28. The highest BCUT2D eigenvalue weighted by Gasteiger charge is 2.29. The molecule has 1 aliphatic rings. The number of hydrogen-bond acceptors (Lipinski definition) is 3. The molecule has 0 saturated carbocycles. The largest absolute Gasteiger partial charge is 0.497 e. The second-order valence-corrected chi connectivity index (χ2v) is 8.27. The monoisotopic (exact) mass is 379 g/mol. The first-order chi connectivity index (χ1) is 12.5. The van der Waals surface area contributed by atoms with Gasteiger partial charge in [-0.2, -0.15) is 0 Å². The molecule has 0 amide bonds. The van der Waals surface area contributed by atoms with Crippen LogP contribution in [0.5, 0.6) is 5.75 Å². The van der Waals surface area contributed by atoms with Gasteiger partial charge in [-0.15, -0.1) is 0 Å². The van der Waals surface area contributed by atoms with Crippen LogP contribution in [-0.2, 0) is 10.0 Å². The molecule has 3 rings (SSSR count). The third kappa shape index (κ3) is 4.41. The number of benzene rings is 2. The molecule has 26 heavy (non-hydrogen) atoms. The number of ether oxygens (including phenoxy) is 1. The summed E-state index contributed by atoms with van der Waals surface area (Å²) < 4.78 is 46.3. The van der Waals surface area contributed by atoms with Crippen LogP contribution in [0.4, 0.5) is 4.39 Å². The number of sulfonamides is 1. The fourth-order valence-corrected chi connectivity index (χ4v) is 4.50. The van der Waals surface area contributed by atoms with Crippen molar-refractivity contribution in [3.63, 3.8) is 0 Å². The minimum atomic E-state index is -3.76. The van der Waals surface area contributed by atoms with Crippen LogP contribution in [0.25, 0.3) is 0 Å². The molecule has 0 aliphatic carbocycles. The zero-order chi connectivity index (χ0) is 18.6. The predicted octanol–water partition coefficient (Wildman–Crippen LogP) is 1.53. The van der Waals surface area contributed by atoms with Crippen molar-refractivity contribution >= 4 is 10.0 Å². The molecule has 0 unspecified atom stereocenters. The normalized spacial score (nSPS) is 16.5. The summed E-state index contributed by atoms with van der Waals surface area (Å²) in [6.45, 7) is 2.29. The quantitative estimate of drug-likeness (QED) is 0.767. The lowest BCUT2D eigenvalue weighted by Gasteiger charge is -2.25. The summed E-state index contributed by atoms with van der Waals surface area (Å²) in [5, 5.41) is 0. The van der Waals surface area contributed by atoms with Crippen molar-refractivity contribution in [1.29, 1.82) is 0 Å². The molecule has 1 atom stereocenters. The molecule has 1 heterocycles. The summed E-state index contributed by atoms with van der Waals surface area (Å²) >= 11 is 0. The smallest absolute Gasteiger partial charge is 0.240 e. The third-order valence-electron chi connectivity index (χ3n) is 4.84. The Morgan fingerprint density at radius 1 is 1.15 bits per heavy atom. The van der Waals surface area contributed by atoms with Crippen molar-refractivity contribution in [2.45, 2.75) is 23.8 Å². The average Bonchev–Trinajstić information content (AvgIpc) is 3.17. The van der Waals surface area contributed by atoms with Crippen LogP contribution >= 0.6 is 0 Å². The SMILES string of the molecule is COc1ccc([C@@H](CNS(=O)(=O)c2cccc(F)c2)[NH+]2CCCC2)cc1. The van der Waals surface area contributed by atoms with E-state index in [1.54, 1.807) is 7.11 Å². The number of rotatable bonds is 7. The molecular formula is C19H24FN2O3S+. The number of nitrogens with one attached hydrogen (secondary N) is 2. The molecule has 1 fully saturated rings. The van der Waals surface area contributed by atoms with Gasteiger partial charge in [0.15, 0.2) is 0 Å². The second-order valence-electron chi connectivity index (χ2n) is 6.50. The zero-order valence-electron chi connectivity index (χ0n) is 14.7. The molecule has 1 aliphatic heterocycles. The van der Waals surface area contributed by atoms with Crippen molar-refractivity contribution in [2.75, 3.05) is 26.7 Å². The zero-order valence-corrected chi connectivity index (χ0v) is 15.6. The molecule has 0 bridgehead atoms. The second kappa shape index (κ2) is 8.16. The standard InChI is InChI=1S/C19H23FN2O3S/c1-25-17-9-7-15(8-10-17)19(22-11-2-3-12-22)14-21-26(23,24)18-6-4-5-16(20)13-18/h4-10,13,19,21H,2-3,11-12,14H2,1H3/p+1/t19-/m1/s1.